The van der Waals surface area contributed by atoms with E-state index in [9.17, 15) is 4.55 Å². The maximum absolute atomic E-state index is 12.8. The average Bonchev–Trinajstić information content (AvgIpc) is 3.31. The van der Waals surface area contributed by atoms with Crippen LogP contribution in [0.2, 0.25) is 0 Å². The van der Waals surface area contributed by atoms with Crippen LogP contribution in [0, 0.1) is 6.92 Å². The fourth-order valence-corrected chi connectivity index (χ4v) is 4.24. The van der Waals surface area contributed by atoms with Gasteiger partial charge >= 0.3 is 34.7 Å². The van der Waals surface area contributed by atoms with Crippen molar-refractivity contribution in [3.05, 3.63) is 47.8 Å². The van der Waals surface area contributed by atoms with E-state index in [1.54, 1.807) is 6.20 Å². The van der Waals surface area contributed by atoms with E-state index >= 15 is 0 Å². The Hall–Kier alpha value is -1.13. The molecule has 1 saturated heterocycles. The standard InChI is InChI=1S/C20H23N3O4S.Na.H/c1-14-17(13-28(24)19-22-15-5-3-4-6-16(15)23-19)21-9-7-18(14)25-10-8-20(2)26-11-12-27-20;;/h3-7,9H,8,10-13H2,1-2H3,(H,22,23);;. The molecule has 1 unspecified atom stereocenters. The molecule has 4 rings (SSSR count). The van der Waals surface area contributed by atoms with Gasteiger partial charge in [-0.3, -0.25) is 9.97 Å². The Labute approximate surface area is 195 Å². The number of aromatic nitrogens is 3. The van der Waals surface area contributed by atoms with Gasteiger partial charge in [-0.2, -0.15) is 4.98 Å². The Bertz CT molecular complexity index is 929. The number of benzene rings is 1. The van der Waals surface area contributed by atoms with E-state index in [0.717, 1.165) is 28.0 Å². The molecule has 1 N–H and O–H groups in total. The van der Waals surface area contributed by atoms with Crippen molar-refractivity contribution in [3.63, 3.8) is 0 Å². The number of ether oxygens (including phenoxy) is 3. The van der Waals surface area contributed by atoms with Crippen LogP contribution in [0.1, 0.15) is 24.6 Å². The Kier molecular flexibility index (Phi) is 7.61. The fraction of sp³-hybridized carbons (Fsp3) is 0.400. The molecular weight excluding hydrogens is 401 g/mol. The number of rotatable bonds is 7. The van der Waals surface area contributed by atoms with Crippen LogP contribution in [0.25, 0.3) is 11.0 Å². The zero-order chi connectivity index (χ0) is 19.6. The average molecular weight is 425 g/mol. The molecule has 29 heavy (non-hydrogen) atoms. The summed E-state index contributed by atoms with van der Waals surface area (Å²) < 4.78 is 29.9. The van der Waals surface area contributed by atoms with Crippen LogP contribution in [-0.2, 0) is 26.4 Å². The predicted molar refractivity (Wildman–Crippen MR) is 113 cm³/mol. The molecule has 2 aromatic heterocycles. The third-order valence-corrected chi connectivity index (χ3v) is 5.98. The van der Waals surface area contributed by atoms with E-state index in [0.29, 0.717) is 31.4 Å². The Balaban J connectivity index is 0.00000240. The molecule has 0 aliphatic carbocycles. The first-order valence-electron chi connectivity index (χ1n) is 9.22. The van der Waals surface area contributed by atoms with Crippen LogP contribution in [0.4, 0.5) is 0 Å². The molecule has 1 atom stereocenters. The molecule has 9 heteroatoms. The molecule has 0 saturated carbocycles. The van der Waals surface area contributed by atoms with Gasteiger partial charge in [-0.15, -0.1) is 0 Å². The van der Waals surface area contributed by atoms with Crippen LogP contribution in [-0.4, -0.2) is 74.7 Å². The summed E-state index contributed by atoms with van der Waals surface area (Å²) in [5.41, 5.74) is 3.29. The van der Waals surface area contributed by atoms with Crippen LogP contribution in [0.5, 0.6) is 5.75 Å². The number of nitrogens with one attached hydrogen (secondary N) is 1. The molecule has 0 amide bonds. The summed E-state index contributed by atoms with van der Waals surface area (Å²) in [6, 6.07) is 9.45. The summed E-state index contributed by atoms with van der Waals surface area (Å²) in [4.78, 5) is 11.9. The molecule has 3 heterocycles. The fourth-order valence-electron chi connectivity index (χ4n) is 3.14. The zero-order valence-corrected chi connectivity index (χ0v) is 16.8. The van der Waals surface area contributed by atoms with Crippen molar-refractivity contribution in [2.24, 2.45) is 0 Å². The Morgan fingerprint density at radius 1 is 1.24 bits per heavy atom. The van der Waals surface area contributed by atoms with E-state index in [-0.39, 0.29) is 35.3 Å². The van der Waals surface area contributed by atoms with Crippen LogP contribution in [0.15, 0.2) is 41.7 Å². The number of para-hydroxylation sites is 2. The third-order valence-electron chi connectivity index (χ3n) is 4.82. The van der Waals surface area contributed by atoms with Crippen molar-refractivity contribution in [3.8, 4) is 5.75 Å². The van der Waals surface area contributed by atoms with Crippen molar-refractivity contribution >= 4 is 51.8 Å². The first kappa shape index (κ1) is 22.6. The van der Waals surface area contributed by atoms with Crippen molar-refractivity contribution in [2.75, 3.05) is 19.8 Å². The number of imidazole rings is 1. The SMILES string of the molecule is Cc1c(OCCC2(C)OCCO2)ccnc1C[S+]([O-])c1nc2ccccc2[nH]1.[NaH]. The molecule has 150 valence electrons. The number of H-pyrrole nitrogens is 1. The topological polar surface area (TPSA) is 92.3 Å². The second-order valence-electron chi connectivity index (χ2n) is 6.86. The second kappa shape index (κ2) is 9.78. The second-order valence-corrected chi connectivity index (χ2v) is 8.23. The van der Waals surface area contributed by atoms with Crippen molar-refractivity contribution in [1.82, 2.24) is 15.0 Å². The molecule has 0 radical (unpaired) electrons. The molecule has 1 aliphatic rings. The predicted octanol–water partition coefficient (Wildman–Crippen LogP) is 2.46. The summed E-state index contributed by atoms with van der Waals surface area (Å²) in [5, 5.41) is 0.456. The van der Waals surface area contributed by atoms with Crippen molar-refractivity contribution in [2.45, 2.75) is 37.0 Å². The molecule has 3 aromatic rings. The zero-order valence-electron chi connectivity index (χ0n) is 15.9. The first-order chi connectivity index (χ1) is 13.5. The summed E-state index contributed by atoms with van der Waals surface area (Å²) >= 11 is -1.32. The van der Waals surface area contributed by atoms with Gasteiger partial charge in [-0.25, -0.2) is 0 Å². The van der Waals surface area contributed by atoms with E-state index in [1.807, 2.05) is 44.2 Å². The number of hydrogen-bond donors (Lipinski definition) is 1. The summed E-state index contributed by atoms with van der Waals surface area (Å²) in [7, 11) is 0. The molecule has 7 nitrogen and oxygen atoms in total. The molecule has 0 spiro atoms. The van der Waals surface area contributed by atoms with E-state index < -0.39 is 17.0 Å². The summed E-state index contributed by atoms with van der Waals surface area (Å²) in [6.07, 6.45) is 2.31. The minimum atomic E-state index is -1.32. The minimum absolute atomic E-state index is 0. The number of pyridine rings is 1. The van der Waals surface area contributed by atoms with Gasteiger partial charge in [0.25, 0.3) is 0 Å². The van der Waals surface area contributed by atoms with Crippen LogP contribution < -0.4 is 4.74 Å². The van der Waals surface area contributed by atoms with Crippen LogP contribution >= 0.6 is 0 Å². The number of fused-ring (bicyclic) bond motifs is 1. The Morgan fingerprint density at radius 2 is 2.00 bits per heavy atom. The Morgan fingerprint density at radius 3 is 2.76 bits per heavy atom. The monoisotopic (exact) mass is 425 g/mol. The first-order valence-corrected chi connectivity index (χ1v) is 10.5. The van der Waals surface area contributed by atoms with Crippen LogP contribution in [0.3, 0.4) is 0 Å². The van der Waals surface area contributed by atoms with Gasteiger partial charge in [0.15, 0.2) is 11.5 Å². The van der Waals surface area contributed by atoms with Gasteiger partial charge in [0.1, 0.15) is 5.75 Å². The number of hydrogen-bond acceptors (Lipinski definition) is 6. The molecule has 1 fully saturated rings. The molecule has 1 aliphatic heterocycles. The van der Waals surface area contributed by atoms with Gasteiger partial charge in [0.2, 0.25) is 0 Å². The molecule has 0 bridgehead atoms. The van der Waals surface area contributed by atoms with Gasteiger partial charge in [0, 0.05) is 29.4 Å². The maximum atomic E-state index is 12.8. The van der Waals surface area contributed by atoms with Gasteiger partial charge in [-0.05, 0) is 32.0 Å². The summed E-state index contributed by atoms with van der Waals surface area (Å²) in [5.74, 6) is 0.424. The molecular formula is C20H24N3NaO4S. The third kappa shape index (κ3) is 5.32. The van der Waals surface area contributed by atoms with E-state index in [2.05, 4.69) is 15.0 Å². The van der Waals surface area contributed by atoms with Gasteiger partial charge in [0.05, 0.1) is 36.5 Å². The van der Waals surface area contributed by atoms with Gasteiger partial charge < -0.3 is 18.8 Å². The van der Waals surface area contributed by atoms with E-state index in [4.69, 9.17) is 14.2 Å². The van der Waals surface area contributed by atoms with Crippen molar-refractivity contribution < 1.29 is 18.8 Å². The number of nitrogens with zero attached hydrogens (tertiary/aromatic N) is 2. The van der Waals surface area contributed by atoms with Crippen molar-refractivity contribution in [1.29, 1.82) is 0 Å². The van der Waals surface area contributed by atoms with E-state index in [1.165, 1.54) is 0 Å². The number of aromatic amines is 1. The van der Waals surface area contributed by atoms with Gasteiger partial charge in [-0.1, -0.05) is 12.1 Å². The quantitative estimate of drug-likeness (QED) is 0.462. The summed E-state index contributed by atoms with van der Waals surface area (Å²) in [6.45, 7) is 5.54. The normalized spacial score (nSPS) is 16.5. The molecule has 1 aromatic carbocycles.